The summed E-state index contributed by atoms with van der Waals surface area (Å²) in [5, 5.41) is 17.5. The molecule has 8 heteroatoms. The number of hydrogen-bond acceptors (Lipinski definition) is 7. The van der Waals surface area contributed by atoms with Crippen LogP contribution in [0.4, 0.5) is 11.4 Å². The third-order valence-corrected chi connectivity index (χ3v) is 5.13. The Kier molecular flexibility index (Phi) is 5.30. The first kappa shape index (κ1) is 16.4. The van der Waals surface area contributed by atoms with E-state index in [-0.39, 0.29) is 0 Å². The Morgan fingerprint density at radius 2 is 1.91 bits per heavy atom. The third kappa shape index (κ3) is 3.57. The predicted octanol–water partition coefficient (Wildman–Crippen LogP) is 3.25. The van der Waals surface area contributed by atoms with Crippen molar-refractivity contribution < 1.29 is 0 Å². The monoisotopic (exact) mass is 350 g/mol. The minimum absolute atomic E-state index is 0.406. The molecule has 0 N–H and O–H groups in total. The zero-order chi connectivity index (χ0) is 16.2. The average Bonchev–Trinajstić information content (AvgIpc) is 2.58. The minimum atomic E-state index is 0.406. The second-order valence-corrected chi connectivity index (χ2v) is 6.65. The van der Waals surface area contributed by atoms with Crippen molar-refractivity contribution in [2.45, 2.75) is 30.2 Å². The molecule has 3 heterocycles. The van der Waals surface area contributed by atoms with Crippen molar-refractivity contribution in [2.24, 2.45) is 0 Å². The van der Waals surface area contributed by atoms with E-state index >= 15 is 0 Å². The number of fused-ring (bicyclic) bond motifs is 2. The molecule has 2 aromatic heterocycles. The molecule has 0 amide bonds. The quantitative estimate of drug-likeness (QED) is 0.792. The van der Waals surface area contributed by atoms with Crippen molar-refractivity contribution in [3.63, 3.8) is 0 Å². The molecule has 0 fully saturated rings. The Hall–Kier alpha value is -1.44. The van der Waals surface area contributed by atoms with Crippen LogP contribution in [0.2, 0.25) is 5.15 Å². The van der Waals surface area contributed by atoms with Crippen LogP contribution < -0.4 is 4.90 Å². The van der Waals surface area contributed by atoms with Crippen LogP contribution in [0.3, 0.4) is 0 Å². The molecule has 0 unspecified atom stereocenters. The molecular formula is C15H19ClN6S. The van der Waals surface area contributed by atoms with Crippen molar-refractivity contribution in [3.05, 3.63) is 23.6 Å². The van der Waals surface area contributed by atoms with Crippen LogP contribution in [-0.4, -0.2) is 51.5 Å². The van der Waals surface area contributed by atoms with Gasteiger partial charge in [0.1, 0.15) is 5.03 Å². The molecule has 0 aromatic carbocycles. The van der Waals surface area contributed by atoms with E-state index in [4.69, 9.17) is 11.6 Å². The second-order valence-electron chi connectivity index (χ2n) is 5.23. The lowest BCUT2D eigenvalue weighted by Gasteiger charge is -2.31. The van der Waals surface area contributed by atoms with Gasteiger partial charge in [0.25, 0.3) is 0 Å². The number of nitrogens with zero attached hydrogens (tertiary/aromatic N) is 6. The zero-order valence-electron chi connectivity index (χ0n) is 13.2. The molecule has 1 aliphatic rings. The molecule has 0 radical (unpaired) electrons. The fraction of sp³-hybridized carbons (Fsp3) is 0.467. The van der Waals surface area contributed by atoms with Gasteiger partial charge in [0, 0.05) is 12.6 Å². The average molecular weight is 351 g/mol. The van der Waals surface area contributed by atoms with E-state index in [1.807, 2.05) is 6.07 Å². The maximum absolute atomic E-state index is 6.05. The molecule has 0 saturated carbocycles. The number of rotatable bonds is 6. The van der Waals surface area contributed by atoms with Crippen LogP contribution in [0, 0.1) is 0 Å². The van der Waals surface area contributed by atoms with E-state index in [0.29, 0.717) is 5.15 Å². The highest BCUT2D eigenvalue weighted by atomic mass is 35.5. The van der Waals surface area contributed by atoms with Crippen LogP contribution in [0.1, 0.15) is 20.3 Å². The van der Waals surface area contributed by atoms with Crippen LogP contribution >= 0.6 is 23.4 Å². The lowest BCUT2D eigenvalue weighted by atomic mass is 10.2. The number of hydrogen-bond donors (Lipinski definition) is 0. The van der Waals surface area contributed by atoms with Gasteiger partial charge in [0.05, 0.1) is 28.7 Å². The van der Waals surface area contributed by atoms with Crippen LogP contribution in [-0.2, 0) is 0 Å². The maximum Gasteiger partial charge on any atom is 0.153 e. The minimum Gasteiger partial charge on any atom is -0.337 e. The van der Waals surface area contributed by atoms with Gasteiger partial charge in [-0.25, -0.2) is 0 Å². The summed E-state index contributed by atoms with van der Waals surface area (Å²) in [6.45, 7) is 8.47. The van der Waals surface area contributed by atoms with Crippen molar-refractivity contribution >= 4 is 34.7 Å². The molecule has 0 saturated heterocycles. The van der Waals surface area contributed by atoms with E-state index in [9.17, 15) is 0 Å². The molecule has 0 aliphatic carbocycles. The highest BCUT2D eigenvalue weighted by molar-refractivity contribution is 7.99. The maximum atomic E-state index is 6.05. The van der Waals surface area contributed by atoms with Gasteiger partial charge in [-0.1, -0.05) is 37.2 Å². The summed E-state index contributed by atoms with van der Waals surface area (Å²) in [5.41, 5.74) is 2.05. The highest BCUT2D eigenvalue weighted by Crippen LogP contribution is 2.46. The smallest absolute Gasteiger partial charge is 0.153 e. The van der Waals surface area contributed by atoms with E-state index in [1.165, 1.54) is 0 Å². The summed E-state index contributed by atoms with van der Waals surface area (Å²) in [6.07, 6.45) is 4.63. The van der Waals surface area contributed by atoms with Crippen LogP contribution in [0.25, 0.3) is 0 Å². The van der Waals surface area contributed by atoms with Crippen molar-refractivity contribution in [3.8, 4) is 0 Å². The molecule has 0 spiro atoms. The molecule has 6 nitrogen and oxygen atoms in total. The molecule has 1 aliphatic heterocycles. The number of aromatic nitrogens is 4. The number of anilines is 2. The first-order chi connectivity index (χ1) is 11.2. The fourth-order valence-electron chi connectivity index (χ4n) is 2.67. The van der Waals surface area contributed by atoms with Gasteiger partial charge in [-0.15, -0.1) is 10.2 Å². The van der Waals surface area contributed by atoms with Gasteiger partial charge in [-0.3, -0.25) is 0 Å². The van der Waals surface area contributed by atoms with Crippen LogP contribution in [0.15, 0.2) is 28.4 Å². The Labute approximate surface area is 145 Å². The summed E-state index contributed by atoms with van der Waals surface area (Å²) in [4.78, 5) is 5.69. The molecular weight excluding hydrogens is 332 g/mol. The van der Waals surface area contributed by atoms with Crippen molar-refractivity contribution in [1.82, 2.24) is 25.3 Å². The van der Waals surface area contributed by atoms with E-state index in [1.54, 1.807) is 24.2 Å². The SMILES string of the molecule is CCN(CC)CCCN1c2cnncc2Sc2nnc(Cl)cc21. The fourth-order valence-corrected chi connectivity index (χ4v) is 3.74. The largest absolute Gasteiger partial charge is 0.337 e. The first-order valence-electron chi connectivity index (χ1n) is 7.74. The van der Waals surface area contributed by atoms with Gasteiger partial charge in [0.15, 0.2) is 5.15 Å². The molecule has 122 valence electrons. The summed E-state index contributed by atoms with van der Waals surface area (Å²) < 4.78 is 0. The first-order valence-corrected chi connectivity index (χ1v) is 8.94. The molecule has 23 heavy (non-hydrogen) atoms. The van der Waals surface area contributed by atoms with Gasteiger partial charge in [-0.05, 0) is 26.1 Å². The Morgan fingerprint density at radius 3 is 2.70 bits per heavy atom. The summed E-state index contributed by atoms with van der Waals surface area (Å²) in [7, 11) is 0. The van der Waals surface area contributed by atoms with Gasteiger partial charge in [-0.2, -0.15) is 10.2 Å². The Morgan fingerprint density at radius 1 is 1.13 bits per heavy atom. The van der Waals surface area contributed by atoms with Gasteiger partial charge < -0.3 is 9.80 Å². The Balaban J connectivity index is 1.85. The molecule has 0 bridgehead atoms. The predicted molar refractivity (Wildman–Crippen MR) is 92.6 cm³/mol. The lowest BCUT2D eigenvalue weighted by molar-refractivity contribution is 0.301. The summed E-state index contributed by atoms with van der Waals surface area (Å²) in [5.74, 6) is 0. The van der Waals surface area contributed by atoms with Gasteiger partial charge in [0.2, 0.25) is 0 Å². The molecule has 2 aromatic rings. The third-order valence-electron chi connectivity index (χ3n) is 3.92. The second kappa shape index (κ2) is 7.42. The van der Waals surface area contributed by atoms with E-state index in [0.717, 1.165) is 53.9 Å². The van der Waals surface area contributed by atoms with Crippen molar-refractivity contribution in [2.75, 3.05) is 31.1 Å². The lowest BCUT2D eigenvalue weighted by Crippen LogP contribution is -2.29. The summed E-state index contributed by atoms with van der Waals surface area (Å²) >= 11 is 7.61. The highest BCUT2D eigenvalue weighted by Gasteiger charge is 2.25. The standard InChI is InChI=1S/C15H19ClN6S/c1-3-21(4-2)6-5-7-22-11-8-14(16)19-20-15(11)23-13-10-18-17-9-12(13)22/h8-10H,3-7H2,1-2H3. The Bertz CT molecular complexity index is 679. The van der Waals surface area contributed by atoms with E-state index in [2.05, 4.69) is 44.0 Å². The van der Waals surface area contributed by atoms with Crippen LogP contribution in [0.5, 0.6) is 0 Å². The normalized spacial score (nSPS) is 13.1. The molecule has 0 atom stereocenters. The zero-order valence-corrected chi connectivity index (χ0v) is 14.8. The molecule has 3 rings (SSSR count). The van der Waals surface area contributed by atoms with Crippen molar-refractivity contribution in [1.29, 1.82) is 0 Å². The number of halogens is 1. The van der Waals surface area contributed by atoms with E-state index < -0.39 is 0 Å². The summed E-state index contributed by atoms with van der Waals surface area (Å²) in [6, 6.07) is 1.87. The topological polar surface area (TPSA) is 58.0 Å². The van der Waals surface area contributed by atoms with Gasteiger partial charge >= 0.3 is 0 Å².